The van der Waals surface area contributed by atoms with E-state index in [0.717, 1.165) is 9.77 Å². The molecule has 0 bridgehead atoms. The van der Waals surface area contributed by atoms with Gasteiger partial charge in [0.1, 0.15) is 5.60 Å². The van der Waals surface area contributed by atoms with E-state index < -0.39 is 5.60 Å². The van der Waals surface area contributed by atoms with Gasteiger partial charge in [0, 0.05) is 16.8 Å². The second kappa shape index (κ2) is 7.68. The zero-order valence-corrected chi connectivity index (χ0v) is 16.0. The number of thiazole rings is 1. The quantitative estimate of drug-likeness (QED) is 0.609. The fourth-order valence-corrected chi connectivity index (χ4v) is 4.48. The van der Waals surface area contributed by atoms with Crippen molar-refractivity contribution in [2.45, 2.75) is 38.2 Å². The molecule has 130 valence electrons. The minimum atomic E-state index is -0.974. The van der Waals surface area contributed by atoms with Gasteiger partial charge in [0.25, 0.3) is 0 Å². The number of thioether (sulfide) groups is 1. The highest BCUT2D eigenvalue weighted by Gasteiger charge is 2.42. The molecule has 0 saturated heterocycles. The third-order valence-electron chi connectivity index (χ3n) is 3.89. The number of ether oxygens (including phenoxy) is 1. The lowest BCUT2D eigenvalue weighted by molar-refractivity contribution is -0.0392. The van der Waals surface area contributed by atoms with Crippen LogP contribution in [0.1, 0.15) is 42.9 Å². The smallest absolute Gasteiger partial charge is 0.338 e. The Morgan fingerprint density at radius 1 is 1.29 bits per heavy atom. The Labute approximate surface area is 151 Å². The molecule has 0 saturated carbocycles. The number of aromatic nitrogens is 1. The number of carbonyl (C=O) groups excluding carboxylic acids is 1. The summed E-state index contributed by atoms with van der Waals surface area (Å²) < 4.78 is 4.98. The molecule has 1 unspecified atom stereocenters. The normalized spacial score (nSPS) is 14.2. The number of rotatable bonds is 6. The van der Waals surface area contributed by atoms with Crippen molar-refractivity contribution in [3.8, 4) is 0 Å². The predicted molar refractivity (Wildman–Crippen MR) is 98.6 cm³/mol. The summed E-state index contributed by atoms with van der Waals surface area (Å²) >= 11 is 3.03. The number of benzene rings is 1. The summed E-state index contributed by atoms with van der Waals surface area (Å²) in [6.07, 6.45) is 1.74. The molecule has 0 amide bonds. The van der Waals surface area contributed by atoms with Crippen LogP contribution in [-0.2, 0) is 10.3 Å². The SMILES string of the molecule is CCOC(=O)c1ccc(SCC(O)(c2cncs2)C(C)(C)C)cc1. The van der Waals surface area contributed by atoms with Gasteiger partial charge in [-0.25, -0.2) is 4.79 Å². The number of nitrogens with zero attached hydrogens (tertiary/aromatic N) is 1. The minimum Gasteiger partial charge on any atom is -0.462 e. The van der Waals surface area contributed by atoms with Crippen LogP contribution in [-0.4, -0.2) is 28.4 Å². The molecule has 4 nitrogen and oxygen atoms in total. The van der Waals surface area contributed by atoms with Crippen molar-refractivity contribution >= 4 is 29.1 Å². The van der Waals surface area contributed by atoms with E-state index in [9.17, 15) is 9.90 Å². The Hall–Kier alpha value is -1.37. The van der Waals surface area contributed by atoms with E-state index in [1.54, 1.807) is 42.5 Å². The average molecular weight is 366 g/mol. The molecular formula is C18H23NO3S2. The molecule has 24 heavy (non-hydrogen) atoms. The summed E-state index contributed by atoms with van der Waals surface area (Å²) in [6.45, 7) is 8.23. The predicted octanol–water partition coefficient (Wildman–Crippen LogP) is 4.35. The Kier molecular flexibility index (Phi) is 6.06. The second-order valence-corrected chi connectivity index (χ2v) is 8.44. The molecule has 1 aromatic heterocycles. The molecule has 0 aliphatic carbocycles. The summed E-state index contributed by atoms with van der Waals surface area (Å²) in [5.41, 5.74) is 0.982. The van der Waals surface area contributed by atoms with Gasteiger partial charge in [-0.3, -0.25) is 4.98 Å². The van der Waals surface area contributed by atoms with Crippen molar-refractivity contribution in [3.63, 3.8) is 0 Å². The lowest BCUT2D eigenvalue weighted by Crippen LogP contribution is -2.41. The van der Waals surface area contributed by atoms with E-state index in [1.165, 1.54) is 11.3 Å². The summed E-state index contributed by atoms with van der Waals surface area (Å²) in [7, 11) is 0. The van der Waals surface area contributed by atoms with E-state index in [2.05, 4.69) is 4.98 Å². The molecule has 1 N–H and O–H groups in total. The Balaban J connectivity index is 2.12. The topological polar surface area (TPSA) is 59.4 Å². The summed E-state index contributed by atoms with van der Waals surface area (Å²) in [4.78, 5) is 17.7. The summed E-state index contributed by atoms with van der Waals surface area (Å²) in [5, 5.41) is 11.3. The molecule has 6 heteroatoms. The summed E-state index contributed by atoms with van der Waals surface area (Å²) in [6, 6.07) is 7.27. The van der Waals surface area contributed by atoms with Gasteiger partial charge < -0.3 is 9.84 Å². The zero-order chi connectivity index (χ0) is 17.8. The molecule has 2 aromatic rings. The maximum atomic E-state index is 11.7. The van der Waals surface area contributed by atoms with Crippen LogP contribution in [0.25, 0.3) is 0 Å². The third-order valence-corrected chi connectivity index (χ3v) is 5.99. The van der Waals surface area contributed by atoms with Gasteiger partial charge in [0.2, 0.25) is 0 Å². The van der Waals surface area contributed by atoms with Crippen molar-refractivity contribution in [3.05, 3.63) is 46.4 Å². The van der Waals surface area contributed by atoms with Crippen LogP contribution >= 0.6 is 23.1 Å². The monoisotopic (exact) mass is 365 g/mol. The third kappa shape index (κ3) is 4.18. The van der Waals surface area contributed by atoms with E-state index in [1.807, 2.05) is 32.9 Å². The Morgan fingerprint density at radius 2 is 1.96 bits per heavy atom. The van der Waals surface area contributed by atoms with Crippen molar-refractivity contribution in [1.29, 1.82) is 0 Å². The lowest BCUT2D eigenvalue weighted by atomic mass is 9.77. The van der Waals surface area contributed by atoms with Gasteiger partial charge >= 0.3 is 5.97 Å². The maximum Gasteiger partial charge on any atom is 0.338 e. The van der Waals surface area contributed by atoms with E-state index >= 15 is 0 Å². The van der Waals surface area contributed by atoms with Gasteiger partial charge in [-0.05, 0) is 36.6 Å². The molecule has 1 heterocycles. The van der Waals surface area contributed by atoms with Crippen LogP contribution in [0.15, 0.2) is 40.9 Å². The standard InChI is InChI=1S/C18H23NO3S2/c1-5-22-16(20)13-6-8-14(9-7-13)23-11-18(21,17(2,3)4)15-10-19-12-24-15/h6-10,12,21H,5,11H2,1-4H3. The molecule has 0 radical (unpaired) electrons. The molecule has 2 rings (SSSR count). The molecule has 1 atom stereocenters. The molecule has 1 aromatic carbocycles. The Bertz CT molecular complexity index is 663. The Morgan fingerprint density at radius 3 is 2.46 bits per heavy atom. The van der Waals surface area contributed by atoms with E-state index in [-0.39, 0.29) is 11.4 Å². The minimum absolute atomic E-state index is 0.315. The number of aliphatic hydroxyl groups is 1. The number of hydrogen-bond acceptors (Lipinski definition) is 6. The van der Waals surface area contributed by atoms with Crippen LogP contribution in [0.5, 0.6) is 0 Å². The van der Waals surface area contributed by atoms with Gasteiger partial charge in [0.15, 0.2) is 0 Å². The molecule has 0 aliphatic rings. The first-order valence-corrected chi connectivity index (χ1v) is 9.66. The van der Waals surface area contributed by atoms with Gasteiger partial charge in [0.05, 0.1) is 22.6 Å². The fourth-order valence-electron chi connectivity index (χ4n) is 2.17. The summed E-state index contributed by atoms with van der Waals surface area (Å²) in [5.74, 6) is 0.196. The highest BCUT2D eigenvalue weighted by Crippen LogP contribution is 2.44. The van der Waals surface area contributed by atoms with E-state index in [0.29, 0.717) is 17.9 Å². The van der Waals surface area contributed by atoms with Crippen molar-refractivity contribution < 1.29 is 14.6 Å². The van der Waals surface area contributed by atoms with Crippen LogP contribution in [0.3, 0.4) is 0 Å². The van der Waals surface area contributed by atoms with Crippen LogP contribution < -0.4 is 0 Å². The highest BCUT2D eigenvalue weighted by atomic mass is 32.2. The van der Waals surface area contributed by atoms with Crippen LogP contribution in [0.4, 0.5) is 0 Å². The highest BCUT2D eigenvalue weighted by molar-refractivity contribution is 7.99. The number of carbonyl (C=O) groups is 1. The molecule has 0 fully saturated rings. The molecular weight excluding hydrogens is 342 g/mol. The number of esters is 1. The fraction of sp³-hybridized carbons (Fsp3) is 0.444. The van der Waals surface area contributed by atoms with Crippen LogP contribution in [0.2, 0.25) is 0 Å². The van der Waals surface area contributed by atoms with Crippen molar-refractivity contribution in [2.24, 2.45) is 5.41 Å². The largest absolute Gasteiger partial charge is 0.462 e. The maximum absolute atomic E-state index is 11.7. The first-order valence-electron chi connectivity index (χ1n) is 7.79. The van der Waals surface area contributed by atoms with Crippen molar-refractivity contribution in [2.75, 3.05) is 12.4 Å². The van der Waals surface area contributed by atoms with Gasteiger partial charge in [-0.15, -0.1) is 23.1 Å². The van der Waals surface area contributed by atoms with Crippen molar-refractivity contribution in [1.82, 2.24) is 4.98 Å². The molecule has 0 spiro atoms. The van der Waals surface area contributed by atoms with Gasteiger partial charge in [-0.1, -0.05) is 20.8 Å². The lowest BCUT2D eigenvalue weighted by Gasteiger charge is -2.39. The van der Waals surface area contributed by atoms with E-state index in [4.69, 9.17) is 4.74 Å². The average Bonchev–Trinajstić information content (AvgIpc) is 3.07. The second-order valence-electron chi connectivity index (χ2n) is 6.51. The van der Waals surface area contributed by atoms with Crippen LogP contribution in [0, 0.1) is 5.41 Å². The number of hydrogen-bond donors (Lipinski definition) is 1. The van der Waals surface area contributed by atoms with Gasteiger partial charge in [-0.2, -0.15) is 0 Å². The first-order chi connectivity index (χ1) is 11.3. The first kappa shape index (κ1) is 19.0. The molecule has 0 aliphatic heterocycles. The zero-order valence-electron chi connectivity index (χ0n) is 14.4.